The molecular formula is C15H22N4. The Hall–Kier alpha value is -1.58. The second kappa shape index (κ2) is 4.22. The van der Waals surface area contributed by atoms with Crippen molar-refractivity contribution in [3.05, 3.63) is 24.2 Å². The summed E-state index contributed by atoms with van der Waals surface area (Å²) < 4.78 is 1.93. The van der Waals surface area contributed by atoms with E-state index in [0.29, 0.717) is 6.04 Å². The van der Waals surface area contributed by atoms with E-state index in [-0.39, 0.29) is 5.41 Å². The van der Waals surface area contributed by atoms with Gasteiger partial charge in [0, 0.05) is 23.9 Å². The van der Waals surface area contributed by atoms with Crippen molar-refractivity contribution < 1.29 is 0 Å². The van der Waals surface area contributed by atoms with Gasteiger partial charge in [-0.3, -0.25) is 0 Å². The van der Waals surface area contributed by atoms with Crippen molar-refractivity contribution in [1.29, 1.82) is 0 Å². The van der Waals surface area contributed by atoms with E-state index in [1.165, 1.54) is 12.8 Å². The van der Waals surface area contributed by atoms with Crippen molar-refractivity contribution in [3.8, 4) is 0 Å². The highest BCUT2D eigenvalue weighted by Crippen LogP contribution is 2.36. The van der Waals surface area contributed by atoms with Gasteiger partial charge in [-0.05, 0) is 18.4 Å². The second-order valence-corrected chi connectivity index (χ2v) is 6.54. The fourth-order valence-electron chi connectivity index (χ4n) is 2.45. The molecule has 0 radical (unpaired) electrons. The van der Waals surface area contributed by atoms with Crippen LogP contribution < -0.4 is 5.32 Å². The molecule has 2 aromatic rings. The number of nitrogens with one attached hydrogen (secondary N) is 1. The summed E-state index contributed by atoms with van der Waals surface area (Å²) in [5.74, 6) is 1.78. The molecule has 2 aromatic heterocycles. The first-order chi connectivity index (χ1) is 8.99. The van der Waals surface area contributed by atoms with E-state index in [1.54, 1.807) is 0 Å². The number of anilines is 1. The predicted octanol–water partition coefficient (Wildman–Crippen LogP) is 3.24. The molecule has 4 nitrogen and oxygen atoms in total. The Balaban J connectivity index is 1.94. The maximum atomic E-state index is 4.65. The number of nitrogens with zero attached hydrogens (tertiary/aromatic N) is 3. The zero-order chi connectivity index (χ0) is 13.6. The van der Waals surface area contributed by atoms with E-state index in [1.807, 2.05) is 16.9 Å². The number of hydrogen-bond acceptors (Lipinski definition) is 3. The predicted molar refractivity (Wildman–Crippen MR) is 77.5 cm³/mol. The van der Waals surface area contributed by atoms with Gasteiger partial charge in [0.05, 0.1) is 5.69 Å². The quantitative estimate of drug-likeness (QED) is 0.919. The molecule has 19 heavy (non-hydrogen) atoms. The van der Waals surface area contributed by atoms with Gasteiger partial charge in [-0.15, -0.1) is 0 Å². The Kier molecular flexibility index (Phi) is 2.77. The van der Waals surface area contributed by atoms with Gasteiger partial charge in [0.15, 0.2) is 5.82 Å². The van der Waals surface area contributed by atoms with Crippen molar-refractivity contribution >= 4 is 11.3 Å². The van der Waals surface area contributed by atoms with Crippen LogP contribution in [0.5, 0.6) is 0 Å². The highest BCUT2D eigenvalue weighted by Gasteiger charge is 2.35. The van der Waals surface area contributed by atoms with Crippen molar-refractivity contribution in [1.82, 2.24) is 14.6 Å². The molecule has 1 aliphatic carbocycles. The standard InChI is InChI=1S/C15H22N4/c1-5-10-8-11(10)17-14-12-9-13(15(2,3)4)18-19(12)7-6-16-14/h6-7,9-11H,5,8H2,1-4H3,(H,16,17). The van der Waals surface area contributed by atoms with Crippen molar-refractivity contribution in [2.24, 2.45) is 5.92 Å². The molecule has 0 spiro atoms. The molecule has 3 rings (SSSR count). The molecule has 1 saturated carbocycles. The molecule has 2 atom stereocenters. The molecule has 1 fully saturated rings. The summed E-state index contributed by atoms with van der Waals surface area (Å²) in [7, 11) is 0. The zero-order valence-corrected chi connectivity index (χ0v) is 12.1. The first-order valence-electron chi connectivity index (χ1n) is 7.10. The topological polar surface area (TPSA) is 42.2 Å². The number of rotatable bonds is 3. The van der Waals surface area contributed by atoms with Crippen molar-refractivity contribution in [3.63, 3.8) is 0 Å². The molecule has 0 saturated heterocycles. The van der Waals surface area contributed by atoms with E-state index in [2.05, 4.69) is 49.2 Å². The lowest BCUT2D eigenvalue weighted by atomic mass is 9.92. The van der Waals surface area contributed by atoms with Crippen molar-refractivity contribution in [2.45, 2.75) is 52.0 Å². The average Bonchev–Trinajstić information content (AvgIpc) is 2.93. The number of fused-ring (bicyclic) bond motifs is 1. The van der Waals surface area contributed by atoms with Crippen LogP contribution in [0.4, 0.5) is 5.82 Å². The first kappa shape index (κ1) is 12.5. The van der Waals surface area contributed by atoms with Crippen LogP contribution in [0.1, 0.15) is 46.2 Å². The van der Waals surface area contributed by atoms with Gasteiger partial charge in [0.25, 0.3) is 0 Å². The maximum absolute atomic E-state index is 4.65. The van der Waals surface area contributed by atoms with Gasteiger partial charge in [-0.2, -0.15) is 5.10 Å². The minimum Gasteiger partial charge on any atom is -0.365 e. The van der Waals surface area contributed by atoms with Crippen LogP contribution >= 0.6 is 0 Å². The van der Waals surface area contributed by atoms with E-state index in [4.69, 9.17) is 0 Å². The van der Waals surface area contributed by atoms with Crippen LogP contribution in [0.25, 0.3) is 5.52 Å². The zero-order valence-electron chi connectivity index (χ0n) is 12.1. The van der Waals surface area contributed by atoms with E-state index in [9.17, 15) is 0 Å². The Bertz CT molecular complexity index is 594. The van der Waals surface area contributed by atoms with Crippen LogP contribution in [-0.2, 0) is 5.41 Å². The normalized spacial score (nSPS) is 22.7. The van der Waals surface area contributed by atoms with Gasteiger partial charge < -0.3 is 5.32 Å². The van der Waals surface area contributed by atoms with Gasteiger partial charge in [-0.1, -0.05) is 34.1 Å². The third-order valence-corrected chi connectivity index (χ3v) is 3.93. The first-order valence-corrected chi connectivity index (χ1v) is 7.10. The molecule has 1 N–H and O–H groups in total. The van der Waals surface area contributed by atoms with Crippen LogP contribution in [0.3, 0.4) is 0 Å². The summed E-state index contributed by atoms with van der Waals surface area (Å²) in [6.45, 7) is 8.80. The third-order valence-electron chi connectivity index (χ3n) is 3.93. The van der Waals surface area contributed by atoms with Gasteiger partial charge in [0.2, 0.25) is 0 Å². The molecule has 0 amide bonds. The van der Waals surface area contributed by atoms with Crippen LogP contribution in [-0.4, -0.2) is 20.6 Å². The molecule has 0 aliphatic heterocycles. The number of hydrogen-bond donors (Lipinski definition) is 1. The summed E-state index contributed by atoms with van der Waals surface area (Å²) in [6.07, 6.45) is 6.24. The molecule has 2 heterocycles. The van der Waals surface area contributed by atoms with E-state index < -0.39 is 0 Å². The molecule has 102 valence electrons. The van der Waals surface area contributed by atoms with Crippen LogP contribution in [0.2, 0.25) is 0 Å². The molecule has 0 bridgehead atoms. The summed E-state index contributed by atoms with van der Waals surface area (Å²) in [5, 5.41) is 8.20. The highest BCUT2D eigenvalue weighted by atomic mass is 15.2. The van der Waals surface area contributed by atoms with E-state index >= 15 is 0 Å². The maximum Gasteiger partial charge on any atom is 0.152 e. The number of aromatic nitrogens is 3. The molecule has 1 aliphatic rings. The molecule has 0 aromatic carbocycles. The van der Waals surface area contributed by atoms with Gasteiger partial charge in [-0.25, -0.2) is 9.50 Å². The Morgan fingerprint density at radius 1 is 1.42 bits per heavy atom. The summed E-state index contributed by atoms with van der Waals surface area (Å²) in [5.41, 5.74) is 2.25. The Morgan fingerprint density at radius 2 is 2.21 bits per heavy atom. The smallest absolute Gasteiger partial charge is 0.152 e. The lowest BCUT2D eigenvalue weighted by molar-refractivity contribution is 0.562. The third kappa shape index (κ3) is 2.31. The molecular weight excluding hydrogens is 236 g/mol. The molecule has 4 heteroatoms. The van der Waals surface area contributed by atoms with Crippen LogP contribution in [0.15, 0.2) is 18.5 Å². The summed E-state index contributed by atoms with van der Waals surface area (Å²) in [6, 6.07) is 2.75. The van der Waals surface area contributed by atoms with Crippen LogP contribution in [0, 0.1) is 5.92 Å². The fourth-order valence-corrected chi connectivity index (χ4v) is 2.45. The monoisotopic (exact) mass is 258 g/mol. The minimum atomic E-state index is 0.0643. The minimum absolute atomic E-state index is 0.0643. The lowest BCUT2D eigenvalue weighted by Crippen LogP contribution is -2.11. The van der Waals surface area contributed by atoms with Gasteiger partial charge >= 0.3 is 0 Å². The van der Waals surface area contributed by atoms with E-state index in [0.717, 1.165) is 22.9 Å². The lowest BCUT2D eigenvalue weighted by Gasteiger charge is -2.13. The van der Waals surface area contributed by atoms with Crippen molar-refractivity contribution in [2.75, 3.05) is 5.32 Å². The summed E-state index contributed by atoms with van der Waals surface area (Å²) >= 11 is 0. The van der Waals surface area contributed by atoms with Gasteiger partial charge in [0.1, 0.15) is 5.52 Å². The SMILES string of the molecule is CCC1CC1Nc1nccn2nc(C(C)(C)C)cc12. The average molecular weight is 258 g/mol. The Labute approximate surface area is 114 Å². The largest absolute Gasteiger partial charge is 0.365 e. The Morgan fingerprint density at radius 3 is 2.84 bits per heavy atom. The highest BCUT2D eigenvalue weighted by molar-refractivity contribution is 5.68. The second-order valence-electron chi connectivity index (χ2n) is 6.54. The molecule has 2 unspecified atom stereocenters. The fraction of sp³-hybridized carbons (Fsp3) is 0.600. The summed E-state index contributed by atoms with van der Waals surface area (Å²) in [4.78, 5) is 4.48.